The van der Waals surface area contributed by atoms with Gasteiger partial charge in [0.1, 0.15) is 5.82 Å². The molecule has 1 N–H and O–H groups in total. The average molecular weight is 301 g/mol. The van der Waals surface area contributed by atoms with Gasteiger partial charge in [0.25, 0.3) is 0 Å². The molecule has 0 saturated carbocycles. The fourth-order valence-electron chi connectivity index (χ4n) is 2.77. The molecule has 0 spiro atoms. The van der Waals surface area contributed by atoms with E-state index in [1.165, 1.54) is 6.07 Å². The molecule has 1 aromatic rings. The summed E-state index contributed by atoms with van der Waals surface area (Å²) in [6, 6.07) is 6.63. The van der Waals surface area contributed by atoms with Crippen molar-refractivity contribution in [1.29, 1.82) is 0 Å². The third-order valence-electron chi connectivity index (χ3n) is 3.70. The zero-order valence-corrected chi connectivity index (χ0v) is 12.8. The van der Waals surface area contributed by atoms with Gasteiger partial charge in [-0.1, -0.05) is 19.1 Å². The van der Waals surface area contributed by atoms with Gasteiger partial charge in [0.2, 0.25) is 5.91 Å². The maximum Gasteiger partial charge on any atom is 0.227 e. The van der Waals surface area contributed by atoms with E-state index in [4.69, 9.17) is 0 Å². The fourth-order valence-corrected chi connectivity index (χ4v) is 2.77. The molecule has 2 rings (SSSR count). The Labute approximate surface area is 125 Å². The lowest BCUT2D eigenvalue weighted by molar-refractivity contribution is -0.135. The van der Waals surface area contributed by atoms with E-state index in [1.807, 2.05) is 24.9 Å². The number of nitrogens with zero attached hydrogens (tertiary/aromatic N) is 1. The monoisotopic (exact) mass is 300 g/mol. The predicted octanol–water partition coefficient (Wildman–Crippen LogP) is 2.77. The molecule has 1 heterocycles. The average Bonchev–Trinajstić information content (AvgIpc) is 2.87. The first-order valence-corrected chi connectivity index (χ1v) is 6.84. The summed E-state index contributed by atoms with van der Waals surface area (Å²) < 4.78 is 13.3. The van der Waals surface area contributed by atoms with Crippen LogP contribution in [0.2, 0.25) is 0 Å². The summed E-state index contributed by atoms with van der Waals surface area (Å²) in [5, 5.41) is 3.03. The molecule has 1 aliphatic heterocycles. The lowest BCUT2D eigenvalue weighted by Crippen LogP contribution is -2.38. The van der Waals surface area contributed by atoms with Crippen LogP contribution in [0.25, 0.3) is 0 Å². The van der Waals surface area contributed by atoms with Gasteiger partial charge < -0.3 is 10.2 Å². The van der Waals surface area contributed by atoms with Crippen LogP contribution in [0.3, 0.4) is 0 Å². The number of nitrogens with one attached hydrogen (secondary N) is 1. The van der Waals surface area contributed by atoms with Crippen LogP contribution in [-0.2, 0) is 4.79 Å². The van der Waals surface area contributed by atoms with E-state index in [0.717, 1.165) is 24.9 Å². The smallest absolute Gasteiger partial charge is 0.227 e. The minimum Gasteiger partial charge on any atom is -0.335 e. The van der Waals surface area contributed by atoms with Crippen molar-refractivity contribution in [2.75, 3.05) is 20.1 Å². The SMILES string of the molecule is CNCC(C)C(=O)N1CCCC1c1cccc(F)c1.Cl. The normalized spacial score (nSPS) is 19.6. The van der Waals surface area contributed by atoms with Crippen LogP contribution in [0.5, 0.6) is 0 Å². The van der Waals surface area contributed by atoms with E-state index < -0.39 is 0 Å². The highest BCUT2D eigenvalue weighted by molar-refractivity contribution is 5.85. The zero-order chi connectivity index (χ0) is 13.8. The number of carbonyl (C=O) groups is 1. The van der Waals surface area contributed by atoms with Crippen LogP contribution in [0.1, 0.15) is 31.4 Å². The lowest BCUT2D eigenvalue weighted by atomic mass is 10.0. The van der Waals surface area contributed by atoms with Crippen LogP contribution in [-0.4, -0.2) is 30.9 Å². The van der Waals surface area contributed by atoms with Gasteiger partial charge in [-0.15, -0.1) is 12.4 Å². The topological polar surface area (TPSA) is 32.3 Å². The van der Waals surface area contributed by atoms with E-state index in [0.29, 0.717) is 6.54 Å². The maximum absolute atomic E-state index is 13.3. The molecule has 1 saturated heterocycles. The minimum absolute atomic E-state index is 0. The zero-order valence-electron chi connectivity index (χ0n) is 11.9. The van der Waals surface area contributed by atoms with Crippen LogP contribution in [0.4, 0.5) is 4.39 Å². The van der Waals surface area contributed by atoms with Gasteiger partial charge in [-0.05, 0) is 37.6 Å². The molecule has 0 aromatic heterocycles. The Hall–Kier alpha value is -1.13. The standard InChI is InChI=1S/C15H21FN2O.ClH/c1-11(10-17-2)15(19)18-8-4-7-14(18)12-5-3-6-13(16)9-12;/h3,5-6,9,11,14,17H,4,7-8,10H2,1-2H3;1H. The highest BCUT2D eigenvalue weighted by Gasteiger charge is 2.32. The van der Waals surface area contributed by atoms with Crippen molar-refractivity contribution in [3.63, 3.8) is 0 Å². The first-order chi connectivity index (χ1) is 9.13. The molecule has 1 amide bonds. The molecule has 0 bridgehead atoms. The molecule has 2 atom stereocenters. The maximum atomic E-state index is 13.3. The number of benzene rings is 1. The largest absolute Gasteiger partial charge is 0.335 e. The Morgan fingerprint density at radius 1 is 1.55 bits per heavy atom. The predicted molar refractivity (Wildman–Crippen MR) is 80.4 cm³/mol. The first kappa shape index (κ1) is 16.9. The Morgan fingerprint density at radius 3 is 2.95 bits per heavy atom. The molecule has 20 heavy (non-hydrogen) atoms. The number of likely N-dealkylation sites (tertiary alicyclic amines) is 1. The Morgan fingerprint density at radius 2 is 2.30 bits per heavy atom. The Bertz CT molecular complexity index is 455. The van der Waals surface area contributed by atoms with E-state index in [-0.39, 0.29) is 36.1 Å². The van der Waals surface area contributed by atoms with Gasteiger partial charge in [0.15, 0.2) is 0 Å². The van der Waals surface area contributed by atoms with E-state index in [9.17, 15) is 9.18 Å². The Balaban J connectivity index is 0.00000200. The van der Waals surface area contributed by atoms with Crippen LogP contribution >= 0.6 is 12.4 Å². The minimum atomic E-state index is -0.236. The summed E-state index contributed by atoms with van der Waals surface area (Å²) in [6.07, 6.45) is 1.90. The van der Waals surface area contributed by atoms with Crippen molar-refractivity contribution < 1.29 is 9.18 Å². The second-order valence-electron chi connectivity index (χ2n) is 5.20. The van der Waals surface area contributed by atoms with Crippen LogP contribution in [0.15, 0.2) is 24.3 Å². The Kier molecular flexibility index (Phi) is 6.43. The van der Waals surface area contributed by atoms with Crippen LogP contribution < -0.4 is 5.32 Å². The third kappa shape index (κ3) is 3.70. The van der Waals surface area contributed by atoms with Crippen molar-refractivity contribution in [2.24, 2.45) is 5.92 Å². The van der Waals surface area contributed by atoms with Gasteiger partial charge in [-0.3, -0.25) is 4.79 Å². The van der Waals surface area contributed by atoms with Crippen molar-refractivity contribution in [3.8, 4) is 0 Å². The number of halogens is 2. The molecule has 0 aliphatic carbocycles. The van der Waals surface area contributed by atoms with Crippen molar-refractivity contribution in [1.82, 2.24) is 10.2 Å². The van der Waals surface area contributed by atoms with E-state index >= 15 is 0 Å². The molecule has 0 radical (unpaired) electrons. The molecule has 2 unspecified atom stereocenters. The molecular formula is C15H22ClFN2O. The summed E-state index contributed by atoms with van der Waals surface area (Å²) in [4.78, 5) is 14.3. The molecule has 1 aromatic carbocycles. The quantitative estimate of drug-likeness (QED) is 0.927. The summed E-state index contributed by atoms with van der Waals surface area (Å²) in [6.45, 7) is 3.37. The third-order valence-corrected chi connectivity index (χ3v) is 3.70. The highest BCUT2D eigenvalue weighted by Crippen LogP contribution is 2.33. The summed E-state index contributed by atoms with van der Waals surface area (Å²) in [5.41, 5.74) is 0.905. The lowest BCUT2D eigenvalue weighted by Gasteiger charge is -2.28. The number of carbonyl (C=O) groups excluding carboxylic acids is 1. The number of hydrogen-bond acceptors (Lipinski definition) is 2. The molecule has 5 heteroatoms. The van der Waals surface area contributed by atoms with E-state index in [1.54, 1.807) is 12.1 Å². The number of rotatable bonds is 4. The van der Waals surface area contributed by atoms with Gasteiger partial charge in [-0.25, -0.2) is 4.39 Å². The van der Waals surface area contributed by atoms with Gasteiger partial charge in [0.05, 0.1) is 6.04 Å². The molecule has 1 fully saturated rings. The molecule has 3 nitrogen and oxygen atoms in total. The first-order valence-electron chi connectivity index (χ1n) is 6.84. The van der Waals surface area contributed by atoms with Crippen molar-refractivity contribution >= 4 is 18.3 Å². The second kappa shape index (κ2) is 7.60. The molecule has 1 aliphatic rings. The summed E-state index contributed by atoms with van der Waals surface area (Å²) in [5.74, 6) is -0.125. The van der Waals surface area contributed by atoms with Crippen LogP contribution in [0, 0.1) is 11.7 Å². The van der Waals surface area contributed by atoms with Gasteiger partial charge in [0, 0.05) is 19.0 Å². The number of hydrogen-bond donors (Lipinski definition) is 1. The van der Waals surface area contributed by atoms with Gasteiger partial charge in [-0.2, -0.15) is 0 Å². The van der Waals surface area contributed by atoms with Crippen molar-refractivity contribution in [3.05, 3.63) is 35.6 Å². The second-order valence-corrected chi connectivity index (χ2v) is 5.20. The highest BCUT2D eigenvalue weighted by atomic mass is 35.5. The van der Waals surface area contributed by atoms with E-state index in [2.05, 4.69) is 5.32 Å². The molecule has 112 valence electrons. The summed E-state index contributed by atoms with van der Waals surface area (Å²) >= 11 is 0. The summed E-state index contributed by atoms with van der Waals surface area (Å²) in [7, 11) is 1.85. The van der Waals surface area contributed by atoms with Gasteiger partial charge >= 0.3 is 0 Å². The fraction of sp³-hybridized carbons (Fsp3) is 0.533. The van der Waals surface area contributed by atoms with Crippen molar-refractivity contribution in [2.45, 2.75) is 25.8 Å². The number of amides is 1. The molecular weight excluding hydrogens is 279 g/mol.